The maximum atomic E-state index is 11.8. The van der Waals surface area contributed by atoms with Gasteiger partial charge in [-0.1, -0.05) is 18.2 Å². The minimum absolute atomic E-state index is 0.0426. The predicted molar refractivity (Wildman–Crippen MR) is 76.6 cm³/mol. The molecule has 3 aromatic rings. The fourth-order valence-corrected chi connectivity index (χ4v) is 2.07. The predicted octanol–water partition coefficient (Wildman–Crippen LogP) is 0.202. The Bertz CT molecular complexity index is 798. The summed E-state index contributed by atoms with van der Waals surface area (Å²) in [4.78, 5) is 14.9. The van der Waals surface area contributed by atoms with E-state index >= 15 is 0 Å². The molecule has 0 aliphatic rings. The van der Waals surface area contributed by atoms with E-state index in [4.69, 9.17) is 17.2 Å². The van der Waals surface area contributed by atoms with Gasteiger partial charge in [0.25, 0.3) is 5.97 Å². The van der Waals surface area contributed by atoms with Crippen LogP contribution in [0.2, 0.25) is 0 Å². The van der Waals surface area contributed by atoms with E-state index in [9.17, 15) is 4.79 Å². The van der Waals surface area contributed by atoms with Gasteiger partial charge in [0.2, 0.25) is 0 Å². The molecule has 0 aliphatic heterocycles. The third-order valence-electron chi connectivity index (χ3n) is 2.94. The summed E-state index contributed by atoms with van der Waals surface area (Å²) >= 11 is 0. The van der Waals surface area contributed by atoms with E-state index in [1.54, 1.807) is 6.07 Å². The average Bonchev–Trinajstić information content (AvgIpc) is 3.03. The second kappa shape index (κ2) is 4.70. The lowest BCUT2D eigenvalue weighted by atomic mass is 10.1. The molecule has 108 valence electrons. The van der Waals surface area contributed by atoms with Crippen LogP contribution in [-0.2, 0) is 4.74 Å². The molecule has 2 heterocycles. The number of rotatable bonds is 3. The summed E-state index contributed by atoms with van der Waals surface area (Å²) in [5.74, 6) is -2.83. The average molecular weight is 286 g/mol. The molecule has 3 rings (SSSR count). The number of aromatic nitrogens is 3. The Morgan fingerprint density at radius 2 is 2.00 bits per heavy atom. The molecule has 0 saturated heterocycles. The number of aromatic amines is 2. The summed E-state index contributed by atoms with van der Waals surface area (Å²) in [5.41, 5.74) is 18.2. The number of nitrogens with one attached hydrogen (secondary N) is 2. The van der Waals surface area contributed by atoms with Gasteiger partial charge in [0.15, 0.2) is 5.69 Å². The molecule has 8 nitrogen and oxygen atoms in total. The Balaban J connectivity index is 1.93. The first kappa shape index (κ1) is 13.3. The Hall–Kier alpha value is -2.68. The monoisotopic (exact) mass is 286 g/mol. The minimum atomic E-state index is -2.03. The van der Waals surface area contributed by atoms with Crippen LogP contribution in [0.3, 0.4) is 0 Å². The molecule has 0 amide bonds. The number of benzene rings is 1. The number of nitrogens with zero attached hydrogens (tertiary/aromatic N) is 1. The molecule has 0 atom stereocenters. The fourth-order valence-electron chi connectivity index (χ4n) is 2.07. The molecule has 0 fully saturated rings. The third kappa shape index (κ3) is 2.63. The highest BCUT2D eigenvalue weighted by atomic mass is 16.6. The molecule has 1 aromatic carbocycles. The van der Waals surface area contributed by atoms with E-state index in [0.717, 1.165) is 16.5 Å². The molecule has 0 unspecified atom stereocenters. The van der Waals surface area contributed by atoms with E-state index < -0.39 is 11.9 Å². The molecule has 21 heavy (non-hydrogen) atoms. The maximum absolute atomic E-state index is 11.8. The summed E-state index contributed by atoms with van der Waals surface area (Å²) < 4.78 is 4.65. The van der Waals surface area contributed by atoms with Crippen molar-refractivity contribution in [2.45, 2.75) is 5.97 Å². The van der Waals surface area contributed by atoms with Gasteiger partial charge in [-0.2, -0.15) is 5.10 Å². The molecular formula is C13H14N6O2. The van der Waals surface area contributed by atoms with Crippen molar-refractivity contribution in [3.63, 3.8) is 0 Å². The molecule has 0 spiro atoms. The smallest absolute Gasteiger partial charge is 0.362 e. The van der Waals surface area contributed by atoms with Crippen LogP contribution in [0.5, 0.6) is 0 Å². The van der Waals surface area contributed by atoms with Gasteiger partial charge in [-0.05, 0) is 12.1 Å². The van der Waals surface area contributed by atoms with Crippen molar-refractivity contribution in [1.82, 2.24) is 15.2 Å². The lowest BCUT2D eigenvalue weighted by molar-refractivity contribution is -0.0100. The summed E-state index contributed by atoms with van der Waals surface area (Å²) in [5, 5.41) is 7.66. The van der Waals surface area contributed by atoms with Crippen molar-refractivity contribution in [3.05, 3.63) is 42.2 Å². The standard InChI is InChI=1S/C13H14N6O2/c14-13(15,16)21-12(20)11-5-10(18-19-11)8-6-17-9-4-2-1-3-7(8)9/h1-6,17H,14-16H2,(H,18,19). The number of carbonyl (C=O) groups is 1. The number of carbonyl (C=O) groups excluding carboxylic acids is 1. The van der Waals surface area contributed by atoms with Crippen molar-refractivity contribution in [2.75, 3.05) is 0 Å². The highest BCUT2D eigenvalue weighted by molar-refractivity contribution is 5.96. The Morgan fingerprint density at radius 1 is 1.24 bits per heavy atom. The summed E-state index contributed by atoms with van der Waals surface area (Å²) in [6.45, 7) is 0. The van der Waals surface area contributed by atoms with Crippen LogP contribution < -0.4 is 17.2 Å². The van der Waals surface area contributed by atoms with Crippen molar-refractivity contribution in [3.8, 4) is 11.3 Å². The normalized spacial score (nSPS) is 11.8. The van der Waals surface area contributed by atoms with Gasteiger partial charge < -0.3 is 9.72 Å². The second-order valence-electron chi connectivity index (χ2n) is 4.66. The Morgan fingerprint density at radius 3 is 2.76 bits per heavy atom. The molecule has 2 aromatic heterocycles. The molecule has 8 N–H and O–H groups in total. The van der Waals surface area contributed by atoms with Gasteiger partial charge in [0.1, 0.15) is 0 Å². The zero-order chi connectivity index (χ0) is 15.0. The summed E-state index contributed by atoms with van der Waals surface area (Å²) in [7, 11) is 0. The summed E-state index contributed by atoms with van der Waals surface area (Å²) in [6, 6.07) is 9.32. The molecule has 8 heteroatoms. The lowest BCUT2D eigenvalue weighted by Crippen LogP contribution is -2.61. The zero-order valence-corrected chi connectivity index (χ0v) is 11.0. The Kier molecular flexibility index (Phi) is 2.98. The van der Waals surface area contributed by atoms with Crippen LogP contribution in [-0.4, -0.2) is 27.1 Å². The molecule has 0 aliphatic carbocycles. The van der Waals surface area contributed by atoms with E-state index in [1.807, 2.05) is 30.5 Å². The van der Waals surface area contributed by atoms with Crippen LogP contribution in [0.1, 0.15) is 10.5 Å². The van der Waals surface area contributed by atoms with Gasteiger partial charge in [-0.15, -0.1) is 0 Å². The quantitative estimate of drug-likeness (QED) is 0.343. The van der Waals surface area contributed by atoms with Crippen LogP contribution in [0, 0.1) is 0 Å². The summed E-state index contributed by atoms with van der Waals surface area (Å²) in [6.07, 6.45) is 1.83. The number of ether oxygens (including phenoxy) is 1. The van der Waals surface area contributed by atoms with Crippen LogP contribution in [0.15, 0.2) is 36.5 Å². The van der Waals surface area contributed by atoms with Gasteiger partial charge in [0, 0.05) is 22.7 Å². The molecule has 0 radical (unpaired) electrons. The van der Waals surface area contributed by atoms with Gasteiger partial charge in [-0.3, -0.25) is 22.3 Å². The van der Waals surface area contributed by atoms with Crippen LogP contribution in [0.25, 0.3) is 22.2 Å². The Labute approximate surface area is 119 Å². The first-order valence-electron chi connectivity index (χ1n) is 6.16. The van der Waals surface area contributed by atoms with E-state index in [2.05, 4.69) is 19.9 Å². The topological polar surface area (TPSA) is 149 Å². The van der Waals surface area contributed by atoms with Crippen molar-refractivity contribution in [1.29, 1.82) is 0 Å². The molecule has 0 bridgehead atoms. The largest absolute Gasteiger partial charge is 0.412 e. The van der Waals surface area contributed by atoms with Gasteiger partial charge >= 0.3 is 5.97 Å². The first-order chi connectivity index (χ1) is 9.94. The number of fused-ring (bicyclic) bond motifs is 1. The number of para-hydroxylation sites is 1. The molecule has 0 saturated carbocycles. The highest BCUT2D eigenvalue weighted by Gasteiger charge is 2.22. The fraction of sp³-hybridized carbons (Fsp3) is 0.0769. The SMILES string of the molecule is NC(N)(N)OC(=O)c1cc(-c2c[nH]c3ccccc23)[nH]n1. The molecular weight excluding hydrogens is 272 g/mol. The highest BCUT2D eigenvalue weighted by Crippen LogP contribution is 2.27. The van der Waals surface area contributed by atoms with Crippen LogP contribution in [0.4, 0.5) is 0 Å². The first-order valence-corrected chi connectivity index (χ1v) is 6.16. The number of hydrogen-bond donors (Lipinski definition) is 5. The van der Waals surface area contributed by atoms with E-state index in [1.165, 1.54) is 0 Å². The minimum Gasteiger partial charge on any atom is -0.412 e. The second-order valence-corrected chi connectivity index (χ2v) is 4.66. The number of nitrogens with two attached hydrogens (primary N) is 3. The zero-order valence-electron chi connectivity index (χ0n) is 11.0. The van der Waals surface area contributed by atoms with E-state index in [0.29, 0.717) is 5.69 Å². The van der Waals surface area contributed by atoms with Gasteiger partial charge in [-0.25, -0.2) is 4.79 Å². The number of esters is 1. The van der Waals surface area contributed by atoms with Crippen molar-refractivity contribution < 1.29 is 9.53 Å². The van der Waals surface area contributed by atoms with Crippen molar-refractivity contribution >= 4 is 16.9 Å². The third-order valence-corrected chi connectivity index (χ3v) is 2.94. The van der Waals surface area contributed by atoms with E-state index in [-0.39, 0.29) is 5.69 Å². The maximum Gasteiger partial charge on any atom is 0.362 e. The lowest BCUT2D eigenvalue weighted by Gasteiger charge is -2.17. The van der Waals surface area contributed by atoms with Crippen LogP contribution >= 0.6 is 0 Å². The number of hydrogen-bond acceptors (Lipinski definition) is 6. The number of H-pyrrole nitrogens is 2. The van der Waals surface area contributed by atoms with Gasteiger partial charge in [0.05, 0.1) is 5.69 Å². The van der Waals surface area contributed by atoms with Crippen molar-refractivity contribution in [2.24, 2.45) is 17.2 Å².